The predicted octanol–water partition coefficient (Wildman–Crippen LogP) is 3.66. The summed E-state index contributed by atoms with van der Waals surface area (Å²) < 4.78 is 16.4. The normalized spacial score (nSPS) is 17.1. The van der Waals surface area contributed by atoms with Crippen molar-refractivity contribution in [3.05, 3.63) is 65.9 Å². The van der Waals surface area contributed by atoms with E-state index in [1.165, 1.54) is 0 Å². The van der Waals surface area contributed by atoms with Crippen molar-refractivity contribution in [2.75, 3.05) is 13.4 Å². The van der Waals surface area contributed by atoms with Crippen molar-refractivity contribution < 1.29 is 19.0 Å². The van der Waals surface area contributed by atoms with Gasteiger partial charge in [0.15, 0.2) is 11.5 Å². The lowest BCUT2D eigenvalue weighted by atomic mass is 10.0. The van der Waals surface area contributed by atoms with Gasteiger partial charge in [0.25, 0.3) is 5.91 Å². The Morgan fingerprint density at radius 2 is 1.85 bits per heavy atom. The lowest BCUT2D eigenvalue weighted by Gasteiger charge is -2.26. The number of nitrogens with one attached hydrogen (secondary N) is 2. The fourth-order valence-electron chi connectivity index (χ4n) is 3.49. The fraction of sp³-hybridized carbons (Fsp3) is 0.190. The van der Waals surface area contributed by atoms with Gasteiger partial charge in [-0.2, -0.15) is 0 Å². The van der Waals surface area contributed by atoms with Crippen molar-refractivity contribution >= 4 is 5.91 Å². The molecule has 0 saturated heterocycles. The van der Waals surface area contributed by atoms with Crippen LogP contribution in [0.2, 0.25) is 0 Å². The highest BCUT2D eigenvalue weighted by Crippen LogP contribution is 2.36. The molecule has 0 bridgehead atoms. The average Bonchev–Trinajstić information content (AvgIpc) is 3.37. The largest absolute Gasteiger partial charge is 0.493 e. The highest BCUT2D eigenvalue weighted by molar-refractivity contribution is 5.93. The van der Waals surface area contributed by atoms with E-state index in [-0.39, 0.29) is 18.7 Å². The average molecular weight is 362 g/mol. The number of fused-ring (bicyclic) bond motifs is 2. The number of aromatic nitrogens is 1. The minimum atomic E-state index is -0.135. The van der Waals surface area contributed by atoms with Crippen LogP contribution in [0.1, 0.15) is 28.5 Å². The third-order valence-corrected chi connectivity index (χ3v) is 4.88. The van der Waals surface area contributed by atoms with Gasteiger partial charge in [-0.25, -0.2) is 0 Å². The number of carbonyl (C=O) groups excluding carboxylic acids is 1. The monoisotopic (exact) mass is 362 g/mol. The number of rotatable bonds is 3. The first-order chi connectivity index (χ1) is 13.3. The summed E-state index contributed by atoms with van der Waals surface area (Å²) in [7, 11) is 0. The molecule has 1 aromatic heterocycles. The first-order valence-electron chi connectivity index (χ1n) is 8.89. The highest BCUT2D eigenvalue weighted by Gasteiger charge is 2.23. The van der Waals surface area contributed by atoms with Gasteiger partial charge in [-0.05, 0) is 36.4 Å². The summed E-state index contributed by atoms with van der Waals surface area (Å²) in [5, 5.41) is 3.10. The van der Waals surface area contributed by atoms with E-state index in [9.17, 15) is 4.79 Å². The smallest absolute Gasteiger partial charge is 0.268 e. The Balaban J connectivity index is 1.35. The van der Waals surface area contributed by atoms with E-state index >= 15 is 0 Å². The SMILES string of the molecule is O=C(N[C@@H]1CCOc2ccccc21)c1ccc(-c2ccc3c(c2)OCO3)[nH]1. The molecule has 27 heavy (non-hydrogen) atoms. The minimum Gasteiger partial charge on any atom is -0.493 e. The summed E-state index contributed by atoms with van der Waals surface area (Å²) in [6.45, 7) is 0.832. The molecule has 6 nitrogen and oxygen atoms in total. The van der Waals surface area contributed by atoms with Crippen LogP contribution in [0, 0.1) is 0 Å². The molecule has 136 valence electrons. The van der Waals surface area contributed by atoms with Gasteiger partial charge < -0.3 is 24.5 Å². The van der Waals surface area contributed by atoms with Crippen molar-refractivity contribution in [1.82, 2.24) is 10.3 Å². The van der Waals surface area contributed by atoms with E-state index in [2.05, 4.69) is 10.3 Å². The molecular weight excluding hydrogens is 344 g/mol. The van der Waals surface area contributed by atoms with E-state index in [1.807, 2.05) is 48.5 Å². The van der Waals surface area contributed by atoms with Gasteiger partial charge in [0.2, 0.25) is 6.79 Å². The Morgan fingerprint density at radius 3 is 2.81 bits per heavy atom. The molecule has 2 N–H and O–H groups in total. The molecule has 3 heterocycles. The molecule has 2 aliphatic rings. The predicted molar refractivity (Wildman–Crippen MR) is 99.1 cm³/mol. The van der Waals surface area contributed by atoms with Crippen LogP contribution in [0.15, 0.2) is 54.6 Å². The zero-order valence-corrected chi connectivity index (χ0v) is 14.5. The molecule has 0 fully saturated rings. The van der Waals surface area contributed by atoms with Crippen LogP contribution in [0.25, 0.3) is 11.3 Å². The molecule has 0 unspecified atom stereocenters. The van der Waals surface area contributed by atoms with E-state index in [1.54, 1.807) is 6.07 Å². The summed E-state index contributed by atoms with van der Waals surface area (Å²) in [6.07, 6.45) is 0.748. The molecule has 0 saturated carbocycles. The Morgan fingerprint density at radius 1 is 0.963 bits per heavy atom. The summed E-state index contributed by atoms with van der Waals surface area (Å²) in [5.41, 5.74) is 3.33. The second-order valence-corrected chi connectivity index (χ2v) is 6.55. The van der Waals surface area contributed by atoms with Crippen molar-refractivity contribution in [3.63, 3.8) is 0 Å². The van der Waals surface area contributed by atoms with Crippen molar-refractivity contribution in [2.24, 2.45) is 0 Å². The molecular formula is C21H18N2O4. The number of hydrogen-bond acceptors (Lipinski definition) is 4. The van der Waals surface area contributed by atoms with E-state index < -0.39 is 0 Å². The quantitative estimate of drug-likeness (QED) is 0.746. The van der Waals surface area contributed by atoms with Gasteiger partial charge in [-0.3, -0.25) is 4.79 Å². The van der Waals surface area contributed by atoms with Crippen LogP contribution in [-0.2, 0) is 0 Å². The molecule has 0 radical (unpaired) electrons. The van der Waals surface area contributed by atoms with E-state index in [4.69, 9.17) is 14.2 Å². The van der Waals surface area contributed by atoms with Gasteiger partial charge >= 0.3 is 0 Å². The van der Waals surface area contributed by atoms with Crippen LogP contribution >= 0.6 is 0 Å². The van der Waals surface area contributed by atoms with Gasteiger partial charge in [0.05, 0.1) is 12.6 Å². The maximum atomic E-state index is 12.7. The number of amides is 1. The van der Waals surface area contributed by atoms with Crippen molar-refractivity contribution in [2.45, 2.75) is 12.5 Å². The molecule has 0 aliphatic carbocycles. The summed E-state index contributed by atoms with van der Waals surface area (Å²) in [5.74, 6) is 2.15. The number of aromatic amines is 1. The number of H-pyrrole nitrogens is 1. The zero-order chi connectivity index (χ0) is 18.2. The molecule has 2 aromatic carbocycles. The molecule has 6 heteroatoms. The van der Waals surface area contributed by atoms with Crippen molar-refractivity contribution in [3.8, 4) is 28.5 Å². The van der Waals surface area contributed by atoms with Gasteiger partial charge in [0, 0.05) is 23.2 Å². The number of benzene rings is 2. The van der Waals surface area contributed by atoms with E-state index in [0.717, 1.165) is 34.7 Å². The molecule has 3 aromatic rings. The minimum absolute atomic E-state index is 0.0558. The standard InChI is InChI=1S/C21H18N2O4/c24-21(23-16-9-10-25-18-4-2-1-3-14(16)18)17-7-6-15(22-17)13-5-8-19-20(11-13)27-12-26-19/h1-8,11,16,22H,9-10,12H2,(H,23,24)/t16-/m1/s1. The van der Waals surface area contributed by atoms with Gasteiger partial charge in [0.1, 0.15) is 11.4 Å². The number of carbonyl (C=O) groups is 1. The molecule has 0 spiro atoms. The second-order valence-electron chi connectivity index (χ2n) is 6.55. The number of hydrogen-bond donors (Lipinski definition) is 2. The summed E-state index contributed by atoms with van der Waals surface area (Å²) in [6, 6.07) is 17.2. The first-order valence-corrected chi connectivity index (χ1v) is 8.89. The molecule has 5 rings (SSSR count). The third kappa shape index (κ3) is 2.89. The van der Waals surface area contributed by atoms with Crippen LogP contribution < -0.4 is 19.5 Å². The van der Waals surface area contributed by atoms with Crippen LogP contribution in [0.4, 0.5) is 0 Å². The Kier molecular flexibility index (Phi) is 3.74. The second kappa shape index (κ2) is 6.39. The molecule has 1 amide bonds. The van der Waals surface area contributed by atoms with Gasteiger partial charge in [-0.1, -0.05) is 18.2 Å². The molecule has 1 atom stereocenters. The van der Waals surface area contributed by atoms with Crippen LogP contribution in [0.5, 0.6) is 17.2 Å². The van der Waals surface area contributed by atoms with Gasteiger partial charge in [-0.15, -0.1) is 0 Å². The maximum Gasteiger partial charge on any atom is 0.268 e. The molecule has 2 aliphatic heterocycles. The highest BCUT2D eigenvalue weighted by atomic mass is 16.7. The zero-order valence-electron chi connectivity index (χ0n) is 14.5. The Bertz CT molecular complexity index is 1010. The van der Waals surface area contributed by atoms with E-state index in [0.29, 0.717) is 18.1 Å². The first kappa shape index (κ1) is 15.8. The Hall–Kier alpha value is -3.41. The topological polar surface area (TPSA) is 72.6 Å². The number of para-hydroxylation sites is 1. The maximum absolute atomic E-state index is 12.7. The number of ether oxygens (including phenoxy) is 3. The Labute approximate surface area is 156 Å². The lowest BCUT2D eigenvalue weighted by Crippen LogP contribution is -2.32. The van der Waals surface area contributed by atoms with Crippen molar-refractivity contribution in [1.29, 1.82) is 0 Å². The summed E-state index contributed by atoms with van der Waals surface area (Å²) in [4.78, 5) is 15.9. The summed E-state index contributed by atoms with van der Waals surface area (Å²) >= 11 is 0. The van der Waals surface area contributed by atoms with Crippen LogP contribution in [0.3, 0.4) is 0 Å². The lowest BCUT2D eigenvalue weighted by molar-refractivity contribution is 0.0920. The third-order valence-electron chi connectivity index (χ3n) is 4.88. The van der Waals surface area contributed by atoms with Crippen LogP contribution in [-0.4, -0.2) is 24.3 Å². The fourth-order valence-corrected chi connectivity index (χ4v) is 3.49.